The average Bonchev–Trinajstić information content (AvgIpc) is 2.93. The molecule has 3 rings (SSSR count). The van der Waals surface area contributed by atoms with Gasteiger partial charge in [-0.25, -0.2) is 18.4 Å². The molecule has 0 bridgehead atoms. The standard InChI is InChI=1S/C18H21N3O3S2/c1-12-10-16(14-6-4-3-5-7-14)21-18(19-12)25-13(2)17(22)20-15-8-9-26(23,24)11-15/h3-7,10,13,15H,8-9,11H2,1-2H3,(H,20,22)/t13-,15+/m0/s1. The van der Waals surface area contributed by atoms with Crippen LogP contribution in [0.2, 0.25) is 0 Å². The van der Waals surface area contributed by atoms with Crippen LogP contribution in [0.15, 0.2) is 41.6 Å². The third kappa shape index (κ3) is 4.82. The van der Waals surface area contributed by atoms with E-state index in [1.165, 1.54) is 11.8 Å². The molecule has 1 aliphatic rings. The van der Waals surface area contributed by atoms with E-state index in [0.29, 0.717) is 11.6 Å². The predicted octanol–water partition coefficient (Wildman–Crippen LogP) is 2.24. The van der Waals surface area contributed by atoms with E-state index in [1.54, 1.807) is 6.92 Å². The zero-order valence-corrected chi connectivity index (χ0v) is 16.3. The van der Waals surface area contributed by atoms with E-state index >= 15 is 0 Å². The van der Waals surface area contributed by atoms with Gasteiger partial charge in [-0.15, -0.1) is 0 Å². The zero-order chi connectivity index (χ0) is 18.7. The molecule has 2 aromatic rings. The highest BCUT2D eigenvalue weighted by molar-refractivity contribution is 8.00. The quantitative estimate of drug-likeness (QED) is 0.621. The third-order valence-corrected chi connectivity index (χ3v) is 6.86. The van der Waals surface area contributed by atoms with Crippen LogP contribution >= 0.6 is 11.8 Å². The summed E-state index contributed by atoms with van der Waals surface area (Å²) in [6.45, 7) is 3.67. The smallest absolute Gasteiger partial charge is 0.233 e. The lowest BCUT2D eigenvalue weighted by Gasteiger charge is -2.15. The second kappa shape index (κ2) is 7.75. The Bertz CT molecular complexity index is 901. The van der Waals surface area contributed by atoms with Gasteiger partial charge in [0.15, 0.2) is 15.0 Å². The molecule has 1 fully saturated rings. The number of rotatable bonds is 5. The highest BCUT2D eigenvalue weighted by atomic mass is 32.2. The number of thioether (sulfide) groups is 1. The van der Waals surface area contributed by atoms with Crippen LogP contribution in [0.1, 0.15) is 19.0 Å². The van der Waals surface area contributed by atoms with Crippen molar-refractivity contribution in [2.24, 2.45) is 0 Å². The normalized spacial score (nSPS) is 19.8. The van der Waals surface area contributed by atoms with Crippen molar-refractivity contribution in [3.05, 3.63) is 42.1 Å². The van der Waals surface area contributed by atoms with Crippen LogP contribution in [-0.4, -0.2) is 47.1 Å². The summed E-state index contributed by atoms with van der Waals surface area (Å²) < 4.78 is 23.0. The van der Waals surface area contributed by atoms with Crippen molar-refractivity contribution in [3.63, 3.8) is 0 Å². The fraction of sp³-hybridized carbons (Fsp3) is 0.389. The average molecular weight is 392 g/mol. The predicted molar refractivity (Wildman–Crippen MR) is 103 cm³/mol. The van der Waals surface area contributed by atoms with Gasteiger partial charge < -0.3 is 5.32 Å². The first-order valence-corrected chi connectivity index (χ1v) is 11.1. The van der Waals surface area contributed by atoms with Gasteiger partial charge in [-0.2, -0.15) is 0 Å². The van der Waals surface area contributed by atoms with Crippen molar-refractivity contribution in [3.8, 4) is 11.3 Å². The van der Waals surface area contributed by atoms with Crippen LogP contribution in [0.3, 0.4) is 0 Å². The number of carbonyl (C=O) groups is 1. The lowest BCUT2D eigenvalue weighted by atomic mass is 10.1. The van der Waals surface area contributed by atoms with E-state index in [1.807, 2.05) is 43.3 Å². The minimum absolute atomic E-state index is 0.0230. The largest absolute Gasteiger partial charge is 0.351 e. The van der Waals surface area contributed by atoms with Gasteiger partial charge in [0.05, 0.1) is 22.4 Å². The Morgan fingerprint density at radius 2 is 2.00 bits per heavy atom. The van der Waals surface area contributed by atoms with Crippen molar-refractivity contribution < 1.29 is 13.2 Å². The Kier molecular flexibility index (Phi) is 5.62. The van der Waals surface area contributed by atoms with Crippen LogP contribution in [0.5, 0.6) is 0 Å². The van der Waals surface area contributed by atoms with E-state index in [2.05, 4.69) is 15.3 Å². The third-order valence-electron chi connectivity index (χ3n) is 4.13. The van der Waals surface area contributed by atoms with Crippen LogP contribution in [-0.2, 0) is 14.6 Å². The van der Waals surface area contributed by atoms with Gasteiger partial charge in [-0.1, -0.05) is 42.1 Å². The Morgan fingerprint density at radius 1 is 1.27 bits per heavy atom. The molecule has 1 aromatic carbocycles. The summed E-state index contributed by atoms with van der Waals surface area (Å²) in [5.41, 5.74) is 2.64. The van der Waals surface area contributed by atoms with Crippen LogP contribution in [0.25, 0.3) is 11.3 Å². The second-order valence-corrected chi connectivity index (χ2v) is 9.95. The van der Waals surface area contributed by atoms with Gasteiger partial charge in [-0.05, 0) is 26.3 Å². The number of nitrogens with one attached hydrogen (secondary N) is 1. The summed E-state index contributed by atoms with van der Waals surface area (Å²) in [6, 6.07) is 11.4. The number of carbonyl (C=O) groups excluding carboxylic acids is 1. The fourth-order valence-corrected chi connectivity index (χ4v) is 5.30. The SMILES string of the molecule is Cc1cc(-c2ccccc2)nc(S[C@@H](C)C(=O)N[C@@H]2CCS(=O)(=O)C2)n1. The number of aryl methyl sites for hydroxylation is 1. The molecule has 2 heterocycles. The summed E-state index contributed by atoms with van der Waals surface area (Å²) in [4.78, 5) is 21.3. The molecule has 6 nitrogen and oxygen atoms in total. The molecule has 0 radical (unpaired) electrons. The first kappa shape index (κ1) is 18.8. The monoisotopic (exact) mass is 391 g/mol. The Hall–Kier alpha value is -1.93. The molecule has 2 atom stereocenters. The Labute approximate surface area is 157 Å². The maximum atomic E-state index is 12.4. The number of hydrogen-bond acceptors (Lipinski definition) is 6. The number of amides is 1. The number of sulfone groups is 1. The topological polar surface area (TPSA) is 89.0 Å². The van der Waals surface area contributed by atoms with Crippen molar-refractivity contribution in [1.29, 1.82) is 0 Å². The highest BCUT2D eigenvalue weighted by Gasteiger charge is 2.30. The first-order chi connectivity index (χ1) is 12.3. The lowest BCUT2D eigenvalue weighted by molar-refractivity contribution is -0.120. The molecule has 1 N–H and O–H groups in total. The van der Waals surface area contributed by atoms with Crippen molar-refractivity contribution >= 4 is 27.5 Å². The number of nitrogens with zero attached hydrogens (tertiary/aromatic N) is 2. The van der Waals surface area contributed by atoms with Gasteiger partial charge in [0.1, 0.15) is 0 Å². The highest BCUT2D eigenvalue weighted by Crippen LogP contribution is 2.25. The van der Waals surface area contributed by atoms with Gasteiger partial charge in [0.2, 0.25) is 5.91 Å². The summed E-state index contributed by atoms with van der Waals surface area (Å²) in [6.07, 6.45) is 0.477. The minimum Gasteiger partial charge on any atom is -0.351 e. The molecular weight excluding hydrogens is 370 g/mol. The Morgan fingerprint density at radius 3 is 2.65 bits per heavy atom. The molecule has 1 saturated heterocycles. The molecular formula is C18H21N3O3S2. The maximum Gasteiger partial charge on any atom is 0.233 e. The molecule has 1 aromatic heterocycles. The summed E-state index contributed by atoms with van der Waals surface area (Å²) >= 11 is 1.27. The van der Waals surface area contributed by atoms with Gasteiger partial charge in [-0.3, -0.25) is 4.79 Å². The van der Waals surface area contributed by atoms with E-state index in [4.69, 9.17) is 0 Å². The molecule has 26 heavy (non-hydrogen) atoms. The van der Waals surface area contributed by atoms with Crippen molar-refractivity contribution in [1.82, 2.24) is 15.3 Å². The first-order valence-electron chi connectivity index (χ1n) is 8.41. The molecule has 0 aliphatic carbocycles. The molecule has 1 amide bonds. The van der Waals surface area contributed by atoms with E-state index in [-0.39, 0.29) is 23.5 Å². The van der Waals surface area contributed by atoms with Gasteiger partial charge >= 0.3 is 0 Å². The van der Waals surface area contributed by atoms with Crippen molar-refractivity contribution in [2.75, 3.05) is 11.5 Å². The Balaban J connectivity index is 1.68. The molecule has 0 saturated carbocycles. The molecule has 138 valence electrons. The number of benzene rings is 1. The molecule has 8 heteroatoms. The minimum atomic E-state index is -3.01. The zero-order valence-electron chi connectivity index (χ0n) is 14.7. The summed E-state index contributed by atoms with van der Waals surface area (Å²) in [5, 5.41) is 2.94. The fourth-order valence-electron chi connectivity index (χ4n) is 2.79. The molecule has 0 spiro atoms. The summed E-state index contributed by atoms with van der Waals surface area (Å²) in [5.74, 6) is -0.0284. The number of aromatic nitrogens is 2. The van der Waals surface area contributed by atoms with E-state index in [0.717, 1.165) is 17.0 Å². The van der Waals surface area contributed by atoms with Gasteiger partial charge in [0, 0.05) is 17.3 Å². The van der Waals surface area contributed by atoms with Crippen LogP contribution in [0.4, 0.5) is 0 Å². The summed E-state index contributed by atoms with van der Waals surface area (Å²) in [7, 11) is -3.01. The van der Waals surface area contributed by atoms with Crippen LogP contribution < -0.4 is 5.32 Å². The van der Waals surface area contributed by atoms with Gasteiger partial charge in [0.25, 0.3) is 0 Å². The van der Waals surface area contributed by atoms with Crippen LogP contribution in [0, 0.1) is 6.92 Å². The lowest BCUT2D eigenvalue weighted by Crippen LogP contribution is -2.40. The maximum absolute atomic E-state index is 12.4. The van der Waals surface area contributed by atoms with E-state index < -0.39 is 15.1 Å². The molecule has 0 unspecified atom stereocenters. The number of hydrogen-bond donors (Lipinski definition) is 1. The van der Waals surface area contributed by atoms with Crippen molar-refractivity contribution in [2.45, 2.75) is 36.7 Å². The molecule has 1 aliphatic heterocycles. The van der Waals surface area contributed by atoms with E-state index in [9.17, 15) is 13.2 Å². The second-order valence-electron chi connectivity index (χ2n) is 6.41.